The van der Waals surface area contributed by atoms with Crippen LogP contribution in [0.5, 0.6) is 5.75 Å². The molecule has 1 aromatic carbocycles. The molecule has 2 heteroatoms. The highest BCUT2D eigenvalue weighted by molar-refractivity contribution is 5.40. The molecule has 3 aliphatic rings. The van der Waals surface area contributed by atoms with Gasteiger partial charge in [-0.1, -0.05) is 13.0 Å². The number of rotatable bonds is 2. The van der Waals surface area contributed by atoms with Gasteiger partial charge in [-0.2, -0.15) is 0 Å². The van der Waals surface area contributed by atoms with Gasteiger partial charge in [-0.25, -0.2) is 0 Å². The lowest BCUT2D eigenvalue weighted by Crippen LogP contribution is -2.44. The van der Waals surface area contributed by atoms with Crippen molar-refractivity contribution in [1.82, 2.24) is 0 Å². The zero-order valence-corrected chi connectivity index (χ0v) is 14.1. The highest BCUT2D eigenvalue weighted by atomic mass is 16.5. The standard InChI is InChI=1S/C20H28O2/c1-20-11-10-16-15-7-5-14(21-2)12-13(15)4-6-17(16)18(20)8-9-19(20)22-3/h5,7,12,16-19H,4,6,8-11H2,1-3H3/t16-,17+,18+,19-,20-/m0/s1. The molecular weight excluding hydrogens is 272 g/mol. The van der Waals surface area contributed by atoms with E-state index in [4.69, 9.17) is 9.47 Å². The van der Waals surface area contributed by atoms with Gasteiger partial charge in [-0.15, -0.1) is 0 Å². The van der Waals surface area contributed by atoms with Crippen LogP contribution in [0.4, 0.5) is 0 Å². The molecule has 0 N–H and O–H groups in total. The third-order valence-electron chi connectivity index (χ3n) is 7.13. The second-order valence-electron chi connectivity index (χ2n) is 7.83. The highest BCUT2D eigenvalue weighted by Gasteiger charge is 2.54. The van der Waals surface area contributed by atoms with E-state index < -0.39 is 0 Å². The number of ether oxygens (including phenoxy) is 2. The summed E-state index contributed by atoms with van der Waals surface area (Å²) in [6.07, 6.45) is 8.33. The van der Waals surface area contributed by atoms with Crippen LogP contribution in [0.25, 0.3) is 0 Å². The Kier molecular flexibility index (Phi) is 3.48. The van der Waals surface area contributed by atoms with Crippen LogP contribution in [-0.4, -0.2) is 20.3 Å². The van der Waals surface area contributed by atoms with Crippen LogP contribution in [0.2, 0.25) is 0 Å². The molecule has 0 bridgehead atoms. The SMILES string of the molecule is COc1ccc2c(c1)CC[C@H]1[C@H]3CC[C@H](OC)[C@@]3(C)CC[C@@H]21. The van der Waals surface area contributed by atoms with E-state index in [1.165, 1.54) is 44.1 Å². The van der Waals surface area contributed by atoms with Crippen LogP contribution < -0.4 is 4.74 Å². The van der Waals surface area contributed by atoms with Crippen molar-refractivity contribution in [2.75, 3.05) is 14.2 Å². The number of hydrogen-bond donors (Lipinski definition) is 0. The summed E-state index contributed by atoms with van der Waals surface area (Å²) < 4.78 is 11.3. The van der Waals surface area contributed by atoms with Crippen molar-refractivity contribution >= 4 is 0 Å². The number of methoxy groups -OCH3 is 2. The molecule has 0 aliphatic heterocycles. The second-order valence-corrected chi connectivity index (χ2v) is 7.83. The van der Waals surface area contributed by atoms with E-state index in [9.17, 15) is 0 Å². The van der Waals surface area contributed by atoms with Gasteiger partial charge in [0.2, 0.25) is 0 Å². The molecule has 3 aliphatic carbocycles. The zero-order valence-electron chi connectivity index (χ0n) is 14.1. The average molecular weight is 300 g/mol. The van der Waals surface area contributed by atoms with E-state index in [1.54, 1.807) is 12.7 Å². The Morgan fingerprint density at radius 2 is 1.95 bits per heavy atom. The summed E-state index contributed by atoms with van der Waals surface area (Å²) in [7, 11) is 3.68. The van der Waals surface area contributed by atoms with Crippen LogP contribution in [0, 0.1) is 17.3 Å². The topological polar surface area (TPSA) is 18.5 Å². The van der Waals surface area contributed by atoms with Gasteiger partial charge >= 0.3 is 0 Å². The first-order chi connectivity index (χ1) is 10.7. The van der Waals surface area contributed by atoms with Crippen molar-refractivity contribution in [2.45, 2.75) is 57.5 Å². The van der Waals surface area contributed by atoms with E-state index >= 15 is 0 Å². The summed E-state index contributed by atoms with van der Waals surface area (Å²) in [6.45, 7) is 2.50. The molecule has 0 amide bonds. The molecule has 1 aromatic rings. The van der Waals surface area contributed by atoms with Crippen molar-refractivity contribution in [2.24, 2.45) is 17.3 Å². The maximum Gasteiger partial charge on any atom is 0.119 e. The van der Waals surface area contributed by atoms with Gasteiger partial charge in [0.15, 0.2) is 0 Å². The molecule has 120 valence electrons. The van der Waals surface area contributed by atoms with E-state index in [2.05, 4.69) is 25.1 Å². The lowest BCUT2D eigenvalue weighted by atomic mass is 9.55. The second kappa shape index (κ2) is 5.26. The van der Waals surface area contributed by atoms with Gasteiger partial charge in [0, 0.05) is 7.11 Å². The largest absolute Gasteiger partial charge is 0.497 e. The molecule has 0 radical (unpaired) electrons. The fourth-order valence-corrected chi connectivity index (χ4v) is 6.02. The molecule has 0 aromatic heterocycles. The van der Waals surface area contributed by atoms with Crippen molar-refractivity contribution in [3.05, 3.63) is 29.3 Å². The molecule has 22 heavy (non-hydrogen) atoms. The van der Waals surface area contributed by atoms with Crippen molar-refractivity contribution in [3.8, 4) is 5.75 Å². The van der Waals surface area contributed by atoms with Gasteiger partial charge in [-0.05, 0) is 85.0 Å². The first-order valence-electron chi connectivity index (χ1n) is 8.87. The first kappa shape index (κ1) is 14.6. The Hall–Kier alpha value is -1.02. The normalized spacial score (nSPS) is 39.8. The van der Waals surface area contributed by atoms with Gasteiger partial charge < -0.3 is 9.47 Å². The minimum Gasteiger partial charge on any atom is -0.497 e. The number of fused-ring (bicyclic) bond motifs is 5. The molecular formula is C20H28O2. The molecule has 2 nitrogen and oxygen atoms in total. The fraction of sp³-hybridized carbons (Fsp3) is 0.700. The van der Waals surface area contributed by atoms with E-state index in [0.717, 1.165) is 23.5 Å². The number of aryl methyl sites for hydroxylation is 1. The van der Waals surface area contributed by atoms with Crippen LogP contribution in [0.3, 0.4) is 0 Å². The van der Waals surface area contributed by atoms with E-state index in [0.29, 0.717) is 11.5 Å². The van der Waals surface area contributed by atoms with E-state index in [1.807, 2.05) is 7.11 Å². The molecule has 0 spiro atoms. The zero-order chi connectivity index (χ0) is 15.3. The predicted molar refractivity (Wildman–Crippen MR) is 88.4 cm³/mol. The molecule has 4 rings (SSSR count). The Morgan fingerprint density at radius 1 is 1.09 bits per heavy atom. The van der Waals surface area contributed by atoms with Crippen LogP contribution in [-0.2, 0) is 11.2 Å². The smallest absolute Gasteiger partial charge is 0.119 e. The Labute approximate surface area is 134 Å². The summed E-state index contributed by atoms with van der Waals surface area (Å²) in [5.41, 5.74) is 3.56. The molecule has 0 saturated heterocycles. The van der Waals surface area contributed by atoms with Crippen molar-refractivity contribution < 1.29 is 9.47 Å². The monoisotopic (exact) mass is 300 g/mol. The van der Waals surface area contributed by atoms with Gasteiger partial charge in [0.1, 0.15) is 5.75 Å². The Bertz CT molecular complexity index is 567. The van der Waals surface area contributed by atoms with Gasteiger partial charge in [0.25, 0.3) is 0 Å². The van der Waals surface area contributed by atoms with Crippen LogP contribution in [0.15, 0.2) is 18.2 Å². The summed E-state index contributed by atoms with van der Waals surface area (Å²) in [6, 6.07) is 6.77. The quantitative estimate of drug-likeness (QED) is 0.796. The minimum atomic E-state index is 0.417. The molecule has 0 unspecified atom stereocenters. The molecule has 2 saturated carbocycles. The van der Waals surface area contributed by atoms with Crippen molar-refractivity contribution in [1.29, 1.82) is 0 Å². The minimum absolute atomic E-state index is 0.417. The lowest BCUT2D eigenvalue weighted by molar-refractivity contribution is -0.0444. The first-order valence-corrected chi connectivity index (χ1v) is 8.87. The lowest BCUT2D eigenvalue weighted by Gasteiger charge is -2.50. The fourth-order valence-electron chi connectivity index (χ4n) is 6.02. The third-order valence-corrected chi connectivity index (χ3v) is 7.13. The summed E-state index contributed by atoms with van der Waals surface area (Å²) >= 11 is 0. The van der Waals surface area contributed by atoms with Gasteiger partial charge in [0.05, 0.1) is 13.2 Å². The van der Waals surface area contributed by atoms with Crippen molar-refractivity contribution in [3.63, 3.8) is 0 Å². The molecule has 2 fully saturated rings. The highest BCUT2D eigenvalue weighted by Crippen LogP contribution is 2.61. The Balaban J connectivity index is 1.66. The third kappa shape index (κ3) is 1.96. The predicted octanol–water partition coefficient (Wildman–Crippen LogP) is 4.57. The van der Waals surface area contributed by atoms with Crippen LogP contribution >= 0.6 is 0 Å². The maximum absolute atomic E-state index is 5.85. The Morgan fingerprint density at radius 3 is 2.73 bits per heavy atom. The number of hydrogen-bond acceptors (Lipinski definition) is 2. The maximum atomic E-state index is 5.85. The summed E-state index contributed by atoms with van der Waals surface area (Å²) in [4.78, 5) is 0. The van der Waals surface area contributed by atoms with Crippen LogP contribution in [0.1, 0.15) is 56.1 Å². The summed E-state index contributed by atoms with van der Waals surface area (Å²) in [5.74, 6) is 3.49. The van der Waals surface area contributed by atoms with Gasteiger partial charge in [-0.3, -0.25) is 0 Å². The number of benzene rings is 1. The molecule has 0 heterocycles. The molecule has 5 atom stereocenters. The van der Waals surface area contributed by atoms with E-state index in [-0.39, 0.29) is 0 Å². The summed E-state index contributed by atoms with van der Waals surface area (Å²) in [5, 5.41) is 0. The average Bonchev–Trinajstić information content (AvgIpc) is 2.90.